The van der Waals surface area contributed by atoms with Crippen LogP contribution in [-0.4, -0.2) is 31.1 Å². The molecule has 150 valence electrons. The van der Waals surface area contributed by atoms with E-state index in [2.05, 4.69) is 0 Å². The molecule has 1 heterocycles. The second-order valence-electron chi connectivity index (χ2n) is 5.98. The van der Waals surface area contributed by atoms with Gasteiger partial charge in [-0.05, 0) is 37.3 Å². The molecule has 0 aliphatic carbocycles. The van der Waals surface area contributed by atoms with Crippen LogP contribution in [-0.2, 0) is 20.9 Å². The first kappa shape index (κ1) is 19.9. The highest BCUT2D eigenvalue weighted by Crippen LogP contribution is 2.27. The first-order chi connectivity index (χ1) is 14.0. The number of carbonyl (C=O) groups excluding carboxylic acids is 3. The molecule has 0 spiro atoms. The van der Waals surface area contributed by atoms with Gasteiger partial charge >= 0.3 is 11.9 Å². The number of hydrogen-bond acceptors (Lipinski definition) is 7. The maximum absolute atomic E-state index is 12.4. The normalized spacial score (nSPS) is 10.5. The molecule has 29 heavy (non-hydrogen) atoms. The molecule has 0 unspecified atom stereocenters. The van der Waals surface area contributed by atoms with E-state index in [0.717, 1.165) is 0 Å². The molecule has 3 aromatic rings. The number of hydrogen-bond donors (Lipinski definition) is 1. The third-order valence-corrected chi connectivity index (χ3v) is 3.98. The Labute approximate surface area is 166 Å². The molecular weight excluding hydrogens is 378 g/mol. The van der Waals surface area contributed by atoms with Crippen molar-refractivity contribution >= 4 is 28.8 Å². The smallest absolute Gasteiger partial charge is 0.374 e. The van der Waals surface area contributed by atoms with Crippen LogP contribution in [0.25, 0.3) is 11.0 Å². The van der Waals surface area contributed by atoms with Gasteiger partial charge in [0.25, 0.3) is 5.91 Å². The van der Waals surface area contributed by atoms with Crippen molar-refractivity contribution in [3.05, 3.63) is 65.4 Å². The minimum absolute atomic E-state index is 0.0102. The Balaban J connectivity index is 1.74. The summed E-state index contributed by atoms with van der Waals surface area (Å²) in [7, 11) is 0. The van der Waals surface area contributed by atoms with Gasteiger partial charge in [0.15, 0.2) is 6.61 Å². The van der Waals surface area contributed by atoms with Crippen LogP contribution in [0, 0.1) is 0 Å². The summed E-state index contributed by atoms with van der Waals surface area (Å²) in [6, 6.07) is 13.1. The van der Waals surface area contributed by atoms with Gasteiger partial charge in [-0.2, -0.15) is 0 Å². The van der Waals surface area contributed by atoms with E-state index >= 15 is 0 Å². The standard InChI is InChI=1S/C21H19NO7/c1-2-26-21(25)19-16(15-5-3-4-6-17(15)29-19)11-28-20(24)13-7-9-14(10-8-13)27-12-18(22)23/h3-10H,2,11-12H2,1H3,(H2,22,23). The molecule has 1 amide bonds. The zero-order valence-electron chi connectivity index (χ0n) is 15.7. The molecule has 2 aromatic carbocycles. The van der Waals surface area contributed by atoms with Gasteiger partial charge in [0.2, 0.25) is 5.76 Å². The van der Waals surface area contributed by atoms with Crippen molar-refractivity contribution in [2.24, 2.45) is 5.73 Å². The summed E-state index contributed by atoms with van der Waals surface area (Å²) in [5.41, 5.74) is 6.23. The van der Waals surface area contributed by atoms with E-state index in [4.69, 9.17) is 24.4 Å². The van der Waals surface area contributed by atoms with Crippen LogP contribution in [0.1, 0.15) is 33.4 Å². The molecule has 0 radical (unpaired) electrons. The number of benzene rings is 2. The average Bonchev–Trinajstić information content (AvgIpc) is 3.10. The second-order valence-corrected chi connectivity index (χ2v) is 5.98. The van der Waals surface area contributed by atoms with E-state index in [1.807, 2.05) is 0 Å². The van der Waals surface area contributed by atoms with Crippen molar-refractivity contribution in [2.45, 2.75) is 13.5 Å². The second kappa shape index (κ2) is 8.92. The number of esters is 2. The molecule has 0 fully saturated rings. The number of primary amides is 1. The van der Waals surface area contributed by atoms with Gasteiger partial charge in [-0.1, -0.05) is 18.2 Å². The fourth-order valence-electron chi connectivity index (χ4n) is 2.67. The molecule has 0 aliphatic rings. The summed E-state index contributed by atoms with van der Waals surface area (Å²) < 4.78 is 21.1. The molecule has 8 heteroatoms. The Hall–Kier alpha value is -3.81. The van der Waals surface area contributed by atoms with Crippen LogP contribution >= 0.6 is 0 Å². The van der Waals surface area contributed by atoms with E-state index < -0.39 is 17.8 Å². The van der Waals surface area contributed by atoms with E-state index in [1.165, 1.54) is 24.3 Å². The monoisotopic (exact) mass is 397 g/mol. The summed E-state index contributed by atoms with van der Waals surface area (Å²) in [6.45, 7) is 1.47. The maximum atomic E-state index is 12.4. The largest absolute Gasteiger partial charge is 0.484 e. The van der Waals surface area contributed by atoms with Crippen molar-refractivity contribution in [3.63, 3.8) is 0 Å². The predicted octanol–water partition coefficient (Wildman–Crippen LogP) is 2.83. The lowest BCUT2D eigenvalue weighted by Crippen LogP contribution is -2.20. The summed E-state index contributed by atoms with van der Waals surface area (Å²) in [5, 5.41) is 0.665. The number of para-hydroxylation sites is 1. The lowest BCUT2D eigenvalue weighted by molar-refractivity contribution is -0.119. The van der Waals surface area contributed by atoms with Crippen LogP contribution in [0.15, 0.2) is 52.9 Å². The van der Waals surface area contributed by atoms with Gasteiger partial charge in [-0.3, -0.25) is 4.79 Å². The molecule has 1 aromatic heterocycles. The third-order valence-electron chi connectivity index (χ3n) is 3.98. The Kier molecular flexibility index (Phi) is 6.13. The molecular formula is C21H19NO7. The van der Waals surface area contributed by atoms with E-state index in [1.54, 1.807) is 31.2 Å². The number of ether oxygens (including phenoxy) is 3. The van der Waals surface area contributed by atoms with Gasteiger partial charge in [0, 0.05) is 5.39 Å². The Bertz CT molecular complexity index is 1040. The predicted molar refractivity (Wildman–Crippen MR) is 102 cm³/mol. The van der Waals surface area contributed by atoms with Crippen LogP contribution in [0.5, 0.6) is 5.75 Å². The SMILES string of the molecule is CCOC(=O)c1oc2ccccc2c1COC(=O)c1ccc(OCC(N)=O)cc1. The minimum Gasteiger partial charge on any atom is -0.484 e. The fourth-order valence-corrected chi connectivity index (χ4v) is 2.67. The number of amides is 1. The fraction of sp³-hybridized carbons (Fsp3) is 0.190. The number of fused-ring (bicyclic) bond motifs is 1. The van der Waals surface area contributed by atoms with Gasteiger partial charge < -0.3 is 24.4 Å². The van der Waals surface area contributed by atoms with Gasteiger partial charge in [-0.15, -0.1) is 0 Å². The van der Waals surface area contributed by atoms with E-state index in [-0.39, 0.29) is 31.1 Å². The van der Waals surface area contributed by atoms with Crippen LogP contribution in [0.4, 0.5) is 0 Å². The van der Waals surface area contributed by atoms with Crippen molar-refractivity contribution in [1.29, 1.82) is 0 Å². The molecule has 8 nitrogen and oxygen atoms in total. The summed E-state index contributed by atoms with van der Waals surface area (Å²) >= 11 is 0. The average molecular weight is 397 g/mol. The van der Waals surface area contributed by atoms with Crippen molar-refractivity contribution < 1.29 is 33.0 Å². The zero-order chi connectivity index (χ0) is 20.8. The van der Waals surface area contributed by atoms with Gasteiger partial charge in [0.05, 0.1) is 17.7 Å². The van der Waals surface area contributed by atoms with E-state index in [9.17, 15) is 14.4 Å². The Morgan fingerprint density at radius 3 is 2.38 bits per heavy atom. The van der Waals surface area contributed by atoms with Gasteiger partial charge in [0.1, 0.15) is 17.9 Å². The third kappa shape index (κ3) is 4.73. The topological polar surface area (TPSA) is 118 Å². The first-order valence-electron chi connectivity index (χ1n) is 8.85. The Morgan fingerprint density at radius 1 is 0.966 bits per heavy atom. The number of rotatable bonds is 8. The molecule has 3 rings (SSSR count). The quantitative estimate of drug-likeness (QED) is 0.581. The minimum atomic E-state index is -0.620. The van der Waals surface area contributed by atoms with Crippen molar-refractivity contribution in [3.8, 4) is 5.75 Å². The molecule has 0 aliphatic heterocycles. The van der Waals surface area contributed by atoms with Crippen molar-refractivity contribution in [2.75, 3.05) is 13.2 Å². The number of furan rings is 1. The lowest BCUT2D eigenvalue weighted by Gasteiger charge is -2.07. The highest BCUT2D eigenvalue weighted by molar-refractivity contribution is 5.96. The zero-order valence-corrected chi connectivity index (χ0v) is 15.7. The number of nitrogens with two attached hydrogens (primary N) is 1. The number of carbonyl (C=O) groups is 3. The van der Waals surface area contributed by atoms with Crippen LogP contribution in [0.3, 0.4) is 0 Å². The van der Waals surface area contributed by atoms with Gasteiger partial charge in [-0.25, -0.2) is 9.59 Å². The highest BCUT2D eigenvalue weighted by atomic mass is 16.5. The lowest BCUT2D eigenvalue weighted by atomic mass is 10.1. The molecule has 0 saturated heterocycles. The first-order valence-corrected chi connectivity index (χ1v) is 8.85. The highest BCUT2D eigenvalue weighted by Gasteiger charge is 2.23. The van der Waals surface area contributed by atoms with Crippen molar-refractivity contribution in [1.82, 2.24) is 0 Å². The van der Waals surface area contributed by atoms with E-state index in [0.29, 0.717) is 22.3 Å². The van der Waals surface area contributed by atoms with Crippen LogP contribution < -0.4 is 10.5 Å². The summed E-state index contributed by atoms with van der Waals surface area (Å²) in [5.74, 6) is -1.41. The van der Waals surface area contributed by atoms with Crippen LogP contribution in [0.2, 0.25) is 0 Å². The molecule has 0 bridgehead atoms. The summed E-state index contributed by atoms with van der Waals surface area (Å²) in [6.07, 6.45) is 0. The molecule has 0 atom stereocenters. The maximum Gasteiger partial charge on any atom is 0.374 e. The molecule has 2 N–H and O–H groups in total. The molecule has 0 saturated carbocycles. The Morgan fingerprint density at radius 2 is 1.69 bits per heavy atom. The summed E-state index contributed by atoms with van der Waals surface area (Å²) in [4.78, 5) is 35.3.